The molecule has 100 valence electrons. The number of hydrogen-bond donors (Lipinski definition) is 1. The third kappa shape index (κ3) is 2.76. The molecule has 1 fully saturated rings. The summed E-state index contributed by atoms with van der Waals surface area (Å²) in [7, 11) is 0. The van der Waals surface area contributed by atoms with Crippen molar-refractivity contribution >= 4 is 0 Å². The summed E-state index contributed by atoms with van der Waals surface area (Å²) in [6.07, 6.45) is 1.24. The SMILES string of the molecule is Cc1ccc(C(C)N2CCC(C(C)N)C2)c(C)c1. The molecule has 1 heterocycles. The van der Waals surface area contributed by atoms with Crippen molar-refractivity contribution in [2.24, 2.45) is 11.7 Å². The molecule has 0 saturated carbocycles. The van der Waals surface area contributed by atoms with Crippen LogP contribution in [-0.2, 0) is 0 Å². The van der Waals surface area contributed by atoms with Gasteiger partial charge in [-0.15, -0.1) is 0 Å². The van der Waals surface area contributed by atoms with Gasteiger partial charge in [-0.05, 0) is 57.7 Å². The van der Waals surface area contributed by atoms with Crippen LogP contribution in [-0.4, -0.2) is 24.0 Å². The standard InChI is InChI=1S/C16H26N2/c1-11-5-6-16(12(2)9-11)14(4)18-8-7-15(10-18)13(3)17/h5-6,9,13-15H,7-8,10,17H2,1-4H3. The largest absolute Gasteiger partial charge is 0.328 e. The van der Waals surface area contributed by atoms with Gasteiger partial charge in [0.25, 0.3) is 0 Å². The van der Waals surface area contributed by atoms with E-state index in [4.69, 9.17) is 5.73 Å². The van der Waals surface area contributed by atoms with Gasteiger partial charge in [-0.25, -0.2) is 0 Å². The number of aryl methyl sites for hydroxylation is 2. The number of benzene rings is 1. The number of likely N-dealkylation sites (tertiary alicyclic amines) is 1. The number of nitrogens with two attached hydrogens (primary N) is 1. The molecule has 1 saturated heterocycles. The molecule has 2 heteroatoms. The van der Waals surface area contributed by atoms with Crippen molar-refractivity contribution in [2.75, 3.05) is 13.1 Å². The zero-order chi connectivity index (χ0) is 13.3. The van der Waals surface area contributed by atoms with Gasteiger partial charge >= 0.3 is 0 Å². The molecule has 1 aliphatic heterocycles. The minimum Gasteiger partial charge on any atom is -0.328 e. The van der Waals surface area contributed by atoms with E-state index in [1.807, 2.05) is 0 Å². The van der Waals surface area contributed by atoms with E-state index in [2.05, 4.69) is 50.8 Å². The highest BCUT2D eigenvalue weighted by Gasteiger charge is 2.29. The van der Waals surface area contributed by atoms with Crippen molar-refractivity contribution in [1.29, 1.82) is 0 Å². The van der Waals surface area contributed by atoms with E-state index >= 15 is 0 Å². The van der Waals surface area contributed by atoms with Gasteiger partial charge in [0.05, 0.1) is 0 Å². The summed E-state index contributed by atoms with van der Waals surface area (Å²) in [5.41, 5.74) is 10.2. The molecule has 0 aliphatic carbocycles. The highest BCUT2D eigenvalue weighted by molar-refractivity contribution is 5.32. The summed E-state index contributed by atoms with van der Waals surface area (Å²) in [6, 6.07) is 7.62. The van der Waals surface area contributed by atoms with Crippen molar-refractivity contribution in [3.8, 4) is 0 Å². The Bertz CT molecular complexity index is 412. The first-order valence-electron chi connectivity index (χ1n) is 7.06. The van der Waals surface area contributed by atoms with E-state index < -0.39 is 0 Å². The summed E-state index contributed by atoms with van der Waals surface area (Å²) in [6.45, 7) is 11.2. The zero-order valence-corrected chi connectivity index (χ0v) is 12.1. The molecule has 1 aromatic carbocycles. The van der Waals surface area contributed by atoms with Gasteiger partial charge in [0.1, 0.15) is 0 Å². The van der Waals surface area contributed by atoms with Crippen LogP contribution in [0.4, 0.5) is 0 Å². The first kappa shape index (κ1) is 13.6. The normalized spacial score (nSPS) is 24.2. The van der Waals surface area contributed by atoms with Crippen LogP contribution in [0.3, 0.4) is 0 Å². The van der Waals surface area contributed by atoms with Gasteiger partial charge in [0, 0.05) is 18.6 Å². The van der Waals surface area contributed by atoms with Gasteiger partial charge in [-0.2, -0.15) is 0 Å². The van der Waals surface area contributed by atoms with Crippen LogP contribution in [0.1, 0.15) is 43.0 Å². The molecule has 2 rings (SSSR count). The second kappa shape index (κ2) is 5.41. The number of rotatable bonds is 3. The fourth-order valence-electron chi connectivity index (χ4n) is 3.09. The van der Waals surface area contributed by atoms with E-state index in [9.17, 15) is 0 Å². The van der Waals surface area contributed by atoms with Gasteiger partial charge < -0.3 is 5.73 Å². The molecule has 2 N–H and O–H groups in total. The molecule has 18 heavy (non-hydrogen) atoms. The fourth-order valence-corrected chi connectivity index (χ4v) is 3.09. The molecule has 3 atom stereocenters. The lowest BCUT2D eigenvalue weighted by atomic mass is 9.99. The topological polar surface area (TPSA) is 29.3 Å². The highest BCUT2D eigenvalue weighted by atomic mass is 15.2. The molecule has 0 radical (unpaired) electrons. The average molecular weight is 246 g/mol. The second-order valence-electron chi connectivity index (χ2n) is 5.94. The fraction of sp³-hybridized carbons (Fsp3) is 0.625. The maximum absolute atomic E-state index is 6.02. The molecular formula is C16H26N2. The summed E-state index contributed by atoms with van der Waals surface area (Å²) >= 11 is 0. The Morgan fingerprint density at radius 2 is 2.00 bits per heavy atom. The minimum atomic E-state index is 0.321. The quantitative estimate of drug-likeness (QED) is 0.888. The summed E-state index contributed by atoms with van der Waals surface area (Å²) in [5, 5.41) is 0. The number of nitrogens with zero attached hydrogens (tertiary/aromatic N) is 1. The van der Waals surface area contributed by atoms with E-state index in [1.54, 1.807) is 0 Å². The number of hydrogen-bond acceptors (Lipinski definition) is 2. The molecule has 0 amide bonds. The van der Waals surface area contributed by atoms with Crippen LogP contribution < -0.4 is 5.73 Å². The van der Waals surface area contributed by atoms with Crippen molar-refractivity contribution < 1.29 is 0 Å². The van der Waals surface area contributed by atoms with Crippen molar-refractivity contribution in [2.45, 2.75) is 46.2 Å². The van der Waals surface area contributed by atoms with E-state index in [-0.39, 0.29) is 0 Å². The summed E-state index contributed by atoms with van der Waals surface area (Å²) in [4.78, 5) is 2.58. The highest BCUT2D eigenvalue weighted by Crippen LogP contribution is 2.30. The van der Waals surface area contributed by atoms with Crippen LogP contribution in [0.2, 0.25) is 0 Å². The average Bonchev–Trinajstić information content (AvgIpc) is 2.77. The Hall–Kier alpha value is -0.860. The van der Waals surface area contributed by atoms with E-state index in [1.165, 1.54) is 29.7 Å². The Kier molecular flexibility index (Phi) is 4.08. The molecule has 1 aromatic rings. The van der Waals surface area contributed by atoms with Crippen molar-refractivity contribution in [3.05, 3.63) is 34.9 Å². The first-order valence-corrected chi connectivity index (χ1v) is 7.06. The van der Waals surface area contributed by atoms with Crippen molar-refractivity contribution in [1.82, 2.24) is 4.90 Å². The molecule has 0 aromatic heterocycles. The predicted molar refractivity (Wildman–Crippen MR) is 77.7 cm³/mol. The zero-order valence-electron chi connectivity index (χ0n) is 12.1. The van der Waals surface area contributed by atoms with E-state index in [0.717, 1.165) is 6.54 Å². The smallest absolute Gasteiger partial charge is 0.0322 e. The maximum atomic E-state index is 6.02. The first-order chi connectivity index (χ1) is 8.49. The second-order valence-corrected chi connectivity index (χ2v) is 5.94. The van der Waals surface area contributed by atoms with Gasteiger partial charge in [-0.3, -0.25) is 4.90 Å². The Balaban J connectivity index is 2.10. The predicted octanol–water partition coefficient (Wildman–Crippen LogP) is 3.03. The van der Waals surface area contributed by atoms with Gasteiger partial charge in [-0.1, -0.05) is 23.8 Å². The lowest BCUT2D eigenvalue weighted by Crippen LogP contribution is -2.31. The van der Waals surface area contributed by atoms with Crippen LogP contribution in [0.15, 0.2) is 18.2 Å². The lowest BCUT2D eigenvalue weighted by Gasteiger charge is -2.27. The van der Waals surface area contributed by atoms with Crippen LogP contribution >= 0.6 is 0 Å². The van der Waals surface area contributed by atoms with Crippen molar-refractivity contribution in [3.63, 3.8) is 0 Å². The Morgan fingerprint density at radius 3 is 2.56 bits per heavy atom. The van der Waals surface area contributed by atoms with Gasteiger partial charge in [0.2, 0.25) is 0 Å². The lowest BCUT2D eigenvalue weighted by molar-refractivity contribution is 0.247. The van der Waals surface area contributed by atoms with Crippen LogP contribution in [0.5, 0.6) is 0 Å². The van der Waals surface area contributed by atoms with Crippen LogP contribution in [0, 0.1) is 19.8 Å². The third-order valence-corrected chi connectivity index (χ3v) is 4.42. The van der Waals surface area contributed by atoms with Gasteiger partial charge in [0.15, 0.2) is 0 Å². The minimum absolute atomic E-state index is 0.321. The Labute approximate surface area is 111 Å². The molecule has 0 spiro atoms. The summed E-state index contributed by atoms with van der Waals surface area (Å²) < 4.78 is 0. The Morgan fingerprint density at radius 1 is 1.28 bits per heavy atom. The molecule has 1 aliphatic rings. The third-order valence-electron chi connectivity index (χ3n) is 4.42. The van der Waals surface area contributed by atoms with Crippen LogP contribution in [0.25, 0.3) is 0 Å². The molecule has 3 unspecified atom stereocenters. The molecule has 2 nitrogen and oxygen atoms in total. The molecular weight excluding hydrogens is 220 g/mol. The summed E-state index contributed by atoms with van der Waals surface area (Å²) in [5.74, 6) is 0.665. The molecule has 0 bridgehead atoms. The van der Waals surface area contributed by atoms with E-state index in [0.29, 0.717) is 18.0 Å². The monoisotopic (exact) mass is 246 g/mol. The maximum Gasteiger partial charge on any atom is 0.0322 e.